The molecule has 0 bridgehead atoms. The molecule has 56 valence electrons. The molecule has 0 aliphatic carbocycles. The van der Waals surface area contributed by atoms with Crippen molar-refractivity contribution < 1.29 is 0 Å². The molecule has 1 aromatic rings. The van der Waals surface area contributed by atoms with Crippen LogP contribution in [0.5, 0.6) is 0 Å². The monoisotopic (exact) mass is 156 g/mol. The van der Waals surface area contributed by atoms with E-state index in [-0.39, 0.29) is 0 Å². The van der Waals surface area contributed by atoms with Crippen molar-refractivity contribution in [2.75, 3.05) is 6.26 Å². The second-order valence-electron chi connectivity index (χ2n) is 1.25. The van der Waals surface area contributed by atoms with Crippen LogP contribution in [0.2, 0.25) is 0 Å². The maximum atomic E-state index is 3.95. The first-order valence-corrected chi connectivity index (χ1v) is 4.46. The third kappa shape index (κ3) is 3.45. The average molecular weight is 156 g/mol. The molecular weight excluding hydrogens is 144 g/mol. The summed E-state index contributed by atoms with van der Waals surface area (Å²) < 4.78 is 0. The quantitative estimate of drug-likeness (QED) is 0.460. The van der Waals surface area contributed by atoms with Crippen molar-refractivity contribution in [2.24, 2.45) is 0 Å². The van der Waals surface area contributed by atoms with E-state index in [2.05, 4.69) is 9.97 Å². The highest BCUT2D eigenvalue weighted by Crippen LogP contribution is 2.06. The molecule has 0 aliphatic rings. The summed E-state index contributed by atoms with van der Waals surface area (Å²) in [7, 11) is 0. The molecule has 10 heavy (non-hydrogen) atoms. The Kier molecular flexibility index (Phi) is 6.18. The van der Waals surface area contributed by atoms with E-state index in [1.807, 2.05) is 26.2 Å². The lowest BCUT2D eigenvalue weighted by Gasteiger charge is -1.87. The molecule has 0 N–H and O–H groups in total. The zero-order valence-corrected chi connectivity index (χ0v) is 7.35. The van der Waals surface area contributed by atoms with E-state index < -0.39 is 0 Å². The fourth-order valence-corrected chi connectivity index (χ4v) is 0.749. The lowest BCUT2D eigenvalue weighted by Crippen LogP contribution is -1.76. The van der Waals surface area contributed by atoms with E-state index >= 15 is 0 Å². The van der Waals surface area contributed by atoms with Crippen LogP contribution < -0.4 is 0 Å². The van der Waals surface area contributed by atoms with E-state index in [0.717, 1.165) is 5.03 Å². The van der Waals surface area contributed by atoms with Crippen LogP contribution >= 0.6 is 11.8 Å². The van der Waals surface area contributed by atoms with Crippen LogP contribution in [0.4, 0.5) is 0 Å². The largest absolute Gasteiger partial charge is 0.245 e. The Bertz CT molecular complexity index is 153. The molecule has 0 spiro atoms. The van der Waals surface area contributed by atoms with Gasteiger partial charge in [0.05, 0.1) is 5.03 Å². The molecular formula is C7H12N2S. The summed E-state index contributed by atoms with van der Waals surface area (Å²) in [5.74, 6) is 0. The zero-order chi connectivity index (χ0) is 7.82. The number of rotatable bonds is 1. The standard InChI is InChI=1S/C5H6N2S.C2H6/c1-8-5-2-3-6-4-7-5;1-2/h2-4H,1H3;1-2H3. The first-order chi connectivity index (χ1) is 4.93. The van der Waals surface area contributed by atoms with Gasteiger partial charge >= 0.3 is 0 Å². The molecule has 0 radical (unpaired) electrons. The normalized spacial score (nSPS) is 7.90. The van der Waals surface area contributed by atoms with E-state index in [1.54, 1.807) is 24.3 Å². The van der Waals surface area contributed by atoms with E-state index in [1.165, 1.54) is 0 Å². The van der Waals surface area contributed by atoms with Gasteiger partial charge < -0.3 is 0 Å². The van der Waals surface area contributed by atoms with Crippen molar-refractivity contribution in [3.63, 3.8) is 0 Å². The molecule has 0 amide bonds. The van der Waals surface area contributed by atoms with Crippen LogP contribution in [-0.2, 0) is 0 Å². The molecule has 3 heteroatoms. The fourth-order valence-electron chi connectivity index (χ4n) is 0.399. The average Bonchev–Trinajstić information content (AvgIpc) is 2.10. The van der Waals surface area contributed by atoms with Gasteiger partial charge in [-0.05, 0) is 12.3 Å². The van der Waals surface area contributed by atoms with Gasteiger partial charge in [0.2, 0.25) is 0 Å². The van der Waals surface area contributed by atoms with Crippen LogP contribution in [0, 0.1) is 0 Å². The van der Waals surface area contributed by atoms with Gasteiger partial charge in [0.15, 0.2) is 0 Å². The Balaban J connectivity index is 0.000000371. The van der Waals surface area contributed by atoms with Gasteiger partial charge in [0, 0.05) is 6.20 Å². The lowest BCUT2D eigenvalue weighted by atomic mass is 10.7. The Morgan fingerprint density at radius 3 is 2.40 bits per heavy atom. The minimum atomic E-state index is 1.01. The van der Waals surface area contributed by atoms with Crippen molar-refractivity contribution >= 4 is 11.8 Å². The van der Waals surface area contributed by atoms with E-state index in [9.17, 15) is 0 Å². The Morgan fingerprint density at radius 1 is 1.40 bits per heavy atom. The summed E-state index contributed by atoms with van der Waals surface area (Å²) in [6.07, 6.45) is 5.27. The number of hydrogen-bond donors (Lipinski definition) is 0. The highest BCUT2D eigenvalue weighted by Gasteiger charge is 1.83. The van der Waals surface area contributed by atoms with Gasteiger partial charge in [-0.25, -0.2) is 9.97 Å². The number of nitrogens with zero attached hydrogens (tertiary/aromatic N) is 2. The van der Waals surface area contributed by atoms with Crippen molar-refractivity contribution in [3.05, 3.63) is 18.6 Å². The molecule has 0 atom stereocenters. The zero-order valence-electron chi connectivity index (χ0n) is 6.53. The third-order valence-corrected chi connectivity index (χ3v) is 1.42. The van der Waals surface area contributed by atoms with Crippen molar-refractivity contribution in [2.45, 2.75) is 18.9 Å². The Hall–Kier alpha value is -0.570. The fraction of sp³-hybridized carbons (Fsp3) is 0.429. The number of thioether (sulfide) groups is 1. The highest BCUT2D eigenvalue weighted by molar-refractivity contribution is 7.98. The molecule has 0 aromatic carbocycles. The van der Waals surface area contributed by atoms with Crippen LogP contribution in [0.3, 0.4) is 0 Å². The number of hydrogen-bond acceptors (Lipinski definition) is 3. The van der Waals surface area contributed by atoms with Crippen LogP contribution in [-0.4, -0.2) is 16.2 Å². The molecule has 0 saturated carbocycles. The topological polar surface area (TPSA) is 25.8 Å². The summed E-state index contributed by atoms with van der Waals surface area (Å²) in [5, 5.41) is 1.01. The second kappa shape index (κ2) is 6.55. The summed E-state index contributed by atoms with van der Waals surface area (Å²) in [6.45, 7) is 4.00. The Labute approximate surface area is 66.1 Å². The van der Waals surface area contributed by atoms with Crippen molar-refractivity contribution in [3.8, 4) is 0 Å². The summed E-state index contributed by atoms with van der Waals surface area (Å²) in [6, 6.07) is 1.88. The van der Waals surface area contributed by atoms with Gasteiger partial charge in [0.1, 0.15) is 6.33 Å². The van der Waals surface area contributed by atoms with Gasteiger partial charge in [-0.15, -0.1) is 11.8 Å². The molecule has 0 unspecified atom stereocenters. The predicted octanol–water partition coefficient (Wildman–Crippen LogP) is 2.22. The highest BCUT2D eigenvalue weighted by atomic mass is 32.2. The number of aromatic nitrogens is 2. The van der Waals surface area contributed by atoms with Crippen LogP contribution in [0.15, 0.2) is 23.6 Å². The minimum absolute atomic E-state index is 1.01. The molecule has 1 rings (SSSR count). The Morgan fingerprint density at radius 2 is 2.10 bits per heavy atom. The first-order valence-electron chi connectivity index (χ1n) is 3.23. The van der Waals surface area contributed by atoms with Gasteiger partial charge in [-0.1, -0.05) is 13.8 Å². The summed E-state index contributed by atoms with van der Waals surface area (Å²) >= 11 is 1.62. The van der Waals surface area contributed by atoms with Gasteiger partial charge in [-0.2, -0.15) is 0 Å². The lowest BCUT2D eigenvalue weighted by molar-refractivity contribution is 1.05. The van der Waals surface area contributed by atoms with Gasteiger partial charge in [0.25, 0.3) is 0 Å². The molecule has 1 heterocycles. The maximum absolute atomic E-state index is 3.95. The second-order valence-corrected chi connectivity index (χ2v) is 2.08. The SMILES string of the molecule is CC.CSc1ccncn1. The maximum Gasteiger partial charge on any atom is 0.116 e. The van der Waals surface area contributed by atoms with Crippen LogP contribution in [0.1, 0.15) is 13.8 Å². The summed E-state index contributed by atoms with van der Waals surface area (Å²) in [5.41, 5.74) is 0. The first kappa shape index (κ1) is 9.43. The van der Waals surface area contributed by atoms with Crippen LogP contribution in [0.25, 0.3) is 0 Å². The molecule has 0 fully saturated rings. The third-order valence-electron chi connectivity index (χ3n) is 0.764. The molecule has 0 aliphatic heterocycles. The predicted molar refractivity (Wildman–Crippen MR) is 45.2 cm³/mol. The van der Waals surface area contributed by atoms with E-state index in [0.29, 0.717) is 0 Å². The van der Waals surface area contributed by atoms with Crippen molar-refractivity contribution in [1.82, 2.24) is 9.97 Å². The van der Waals surface area contributed by atoms with Gasteiger partial charge in [-0.3, -0.25) is 0 Å². The molecule has 2 nitrogen and oxygen atoms in total. The smallest absolute Gasteiger partial charge is 0.116 e. The van der Waals surface area contributed by atoms with Crippen molar-refractivity contribution in [1.29, 1.82) is 0 Å². The summed E-state index contributed by atoms with van der Waals surface area (Å²) in [4.78, 5) is 7.72. The molecule has 0 saturated heterocycles. The minimum Gasteiger partial charge on any atom is -0.245 e. The molecule has 1 aromatic heterocycles. The van der Waals surface area contributed by atoms with E-state index in [4.69, 9.17) is 0 Å².